The minimum atomic E-state index is -0.0128. The Balaban J connectivity index is 2.66. The first-order valence-electron chi connectivity index (χ1n) is 5.12. The Labute approximate surface area is 100 Å². The number of amides is 1. The quantitative estimate of drug-likeness (QED) is 0.782. The molecule has 0 unspecified atom stereocenters. The van der Waals surface area contributed by atoms with E-state index in [1.165, 1.54) is 0 Å². The van der Waals surface area contributed by atoms with Gasteiger partial charge in [-0.15, -0.1) is 0 Å². The van der Waals surface area contributed by atoms with Gasteiger partial charge in [0.15, 0.2) is 0 Å². The van der Waals surface area contributed by atoms with Crippen LogP contribution in [0.25, 0.3) is 0 Å². The molecule has 0 fully saturated rings. The fraction of sp³-hybridized carbons (Fsp3) is 0.364. The van der Waals surface area contributed by atoms with Crippen LogP contribution in [-0.2, 0) is 0 Å². The summed E-state index contributed by atoms with van der Waals surface area (Å²) >= 11 is 4.79. The standard InChI is InChI=1S/C11H15N3OS/c1-2-14(8-5-10(12)16)11(15)9-3-6-13-7-4-9/h3-4,6-7H,2,5,8H2,1H3,(H2,12,16). The second-order valence-corrected chi connectivity index (χ2v) is 3.86. The Morgan fingerprint density at radius 2 is 2.12 bits per heavy atom. The zero-order valence-electron chi connectivity index (χ0n) is 9.22. The van der Waals surface area contributed by atoms with Crippen LogP contribution in [0.4, 0.5) is 0 Å². The van der Waals surface area contributed by atoms with Gasteiger partial charge in [-0.3, -0.25) is 9.78 Å². The lowest BCUT2D eigenvalue weighted by molar-refractivity contribution is 0.0769. The molecule has 0 radical (unpaired) electrons. The predicted molar refractivity (Wildman–Crippen MR) is 67.2 cm³/mol. The summed E-state index contributed by atoms with van der Waals surface area (Å²) in [4.78, 5) is 18.0. The molecule has 5 heteroatoms. The fourth-order valence-electron chi connectivity index (χ4n) is 1.33. The van der Waals surface area contributed by atoms with Crippen LogP contribution in [-0.4, -0.2) is 33.9 Å². The molecule has 86 valence electrons. The molecule has 0 atom stereocenters. The molecule has 2 N–H and O–H groups in total. The number of nitrogens with two attached hydrogens (primary N) is 1. The number of hydrogen-bond donors (Lipinski definition) is 1. The number of pyridine rings is 1. The summed E-state index contributed by atoms with van der Waals surface area (Å²) in [5, 5.41) is 0. The molecule has 0 spiro atoms. The smallest absolute Gasteiger partial charge is 0.253 e. The summed E-state index contributed by atoms with van der Waals surface area (Å²) in [5.41, 5.74) is 6.06. The molecular formula is C11H15N3OS. The predicted octanol–water partition coefficient (Wildman–Crippen LogP) is 1.22. The maximum atomic E-state index is 12.0. The number of carbonyl (C=O) groups excluding carboxylic acids is 1. The minimum absolute atomic E-state index is 0.0128. The van der Waals surface area contributed by atoms with Gasteiger partial charge in [0.2, 0.25) is 0 Å². The molecule has 16 heavy (non-hydrogen) atoms. The van der Waals surface area contributed by atoms with Crippen molar-refractivity contribution in [2.75, 3.05) is 13.1 Å². The van der Waals surface area contributed by atoms with Crippen molar-refractivity contribution < 1.29 is 4.79 Å². The molecule has 1 amide bonds. The summed E-state index contributed by atoms with van der Waals surface area (Å²) in [6.07, 6.45) is 3.77. The topological polar surface area (TPSA) is 59.2 Å². The van der Waals surface area contributed by atoms with Crippen LogP contribution in [0.3, 0.4) is 0 Å². The van der Waals surface area contributed by atoms with Crippen molar-refractivity contribution in [1.29, 1.82) is 0 Å². The van der Waals surface area contributed by atoms with Gasteiger partial charge in [-0.2, -0.15) is 0 Å². The first-order valence-corrected chi connectivity index (χ1v) is 5.53. The maximum Gasteiger partial charge on any atom is 0.253 e. The van der Waals surface area contributed by atoms with Gasteiger partial charge in [-0.25, -0.2) is 0 Å². The number of rotatable bonds is 5. The normalized spacial score (nSPS) is 9.81. The zero-order chi connectivity index (χ0) is 12.0. The van der Waals surface area contributed by atoms with Crippen LogP contribution in [0.2, 0.25) is 0 Å². The third-order valence-electron chi connectivity index (χ3n) is 2.22. The molecule has 0 aliphatic carbocycles. The van der Waals surface area contributed by atoms with Crippen molar-refractivity contribution >= 4 is 23.1 Å². The van der Waals surface area contributed by atoms with Gasteiger partial charge >= 0.3 is 0 Å². The van der Waals surface area contributed by atoms with Gasteiger partial charge in [0.05, 0.1) is 4.99 Å². The highest BCUT2D eigenvalue weighted by Gasteiger charge is 2.13. The van der Waals surface area contributed by atoms with Gasteiger partial charge in [0.25, 0.3) is 5.91 Å². The molecule has 1 aromatic rings. The molecule has 4 nitrogen and oxygen atoms in total. The maximum absolute atomic E-state index is 12.0. The lowest BCUT2D eigenvalue weighted by atomic mass is 10.2. The molecule has 0 saturated carbocycles. The molecule has 0 aliphatic rings. The van der Waals surface area contributed by atoms with E-state index in [1.54, 1.807) is 29.4 Å². The van der Waals surface area contributed by atoms with E-state index in [-0.39, 0.29) is 5.91 Å². The van der Waals surface area contributed by atoms with Crippen molar-refractivity contribution in [3.63, 3.8) is 0 Å². The van der Waals surface area contributed by atoms with E-state index in [1.807, 2.05) is 6.92 Å². The van der Waals surface area contributed by atoms with E-state index in [2.05, 4.69) is 4.98 Å². The Morgan fingerprint density at radius 1 is 1.50 bits per heavy atom. The minimum Gasteiger partial charge on any atom is -0.393 e. The van der Waals surface area contributed by atoms with Crippen LogP contribution < -0.4 is 5.73 Å². The zero-order valence-corrected chi connectivity index (χ0v) is 10.0. The Hall–Kier alpha value is -1.49. The van der Waals surface area contributed by atoms with E-state index >= 15 is 0 Å². The molecule has 0 bridgehead atoms. The molecular weight excluding hydrogens is 222 g/mol. The van der Waals surface area contributed by atoms with E-state index in [4.69, 9.17) is 18.0 Å². The Morgan fingerprint density at radius 3 is 2.62 bits per heavy atom. The fourth-order valence-corrected chi connectivity index (χ4v) is 1.42. The first-order chi connectivity index (χ1) is 7.65. The van der Waals surface area contributed by atoms with Gasteiger partial charge in [0.1, 0.15) is 0 Å². The van der Waals surface area contributed by atoms with Gasteiger partial charge in [-0.05, 0) is 19.1 Å². The summed E-state index contributed by atoms with van der Waals surface area (Å²) in [6, 6.07) is 3.40. The van der Waals surface area contributed by atoms with E-state index in [9.17, 15) is 4.79 Å². The van der Waals surface area contributed by atoms with Crippen LogP contribution in [0.5, 0.6) is 0 Å². The highest BCUT2D eigenvalue weighted by molar-refractivity contribution is 7.80. The molecule has 0 saturated heterocycles. The molecule has 0 aliphatic heterocycles. The second kappa shape index (κ2) is 6.17. The molecule has 1 rings (SSSR count). The Bertz CT molecular complexity index is 367. The van der Waals surface area contributed by atoms with Crippen LogP contribution in [0.15, 0.2) is 24.5 Å². The van der Waals surface area contributed by atoms with E-state index < -0.39 is 0 Å². The van der Waals surface area contributed by atoms with Crippen LogP contribution >= 0.6 is 12.2 Å². The lowest BCUT2D eigenvalue weighted by Gasteiger charge is -2.20. The summed E-state index contributed by atoms with van der Waals surface area (Å²) in [5.74, 6) is -0.0128. The van der Waals surface area contributed by atoms with Crippen LogP contribution in [0, 0.1) is 0 Å². The molecule has 1 heterocycles. The van der Waals surface area contributed by atoms with Gasteiger partial charge < -0.3 is 10.6 Å². The number of aromatic nitrogens is 1. The summed E-state index contributed by atoms with van der Waals surface area (Å²) in [6.45, 7) is 3.13. The van der Waals surface area contributed by atoms with Gasteiger partial charge in [-0.1, -0.05) is 12.2 Å². The largest absolute Gasteiger partial charge is 0.393 e. The van der Waals surface area contributed by atoms with Crippen molar-refractivity contribution in [2.24, 2.45) is 5.73 Å². The second-order valence-electron chi connectivity index (χ2n) is 3.34. The lowest BCUT2D eigenvalue weighted by Crippen LogP contribution is -2.33. The van der Waals surface area contributed by atoms with Crippen molar-refractivity contribution in [3.8, 4) is 0 Å². The summed E-state index contributed by atoms with van der Waals surface area (Å²) in [7, 11) is 0. The van der Waals surface area contributed by atoms with Crippen molar-refractivity contribution in [2.45, 2.75) is 13.3 Å². The monoisotopic (exact) mass is 237 g/mol. The number of nitrogens with zero attached hydrogens (tertiary/aromatic N) is 2. The number of thiocarbonyl (C=S) groups is 1. The van der Waals surface area contributed by atoms with E-state index in [0.717, 1.165) is 0 Å². The SMILES string of the molecule is CCN(CCC(N)=S)C(=O)c1ccncc1. The third-order valence-corrected chi connectivity index (χ3v) is 2.43. The number of hydrogen-bond acceptors (Lipinski definition) is 3. The van der Waals surface area contributed by atoms with Crippen molar-refractivity contribution in [3.05, 3.63) is 30.1 Å². The highest BCUT2D eigenvalue weighted by Crippen LogP contribution is 2.04. The molecule has 0 aromatic carbocycles. The molecule has 1 aromatic heterocycles. The third kappa shape index (κ3) is 3.58. The Kier molecular flexibility index (Phi) is 4.85. The average Bonchev–Trinajstić information content (AvgIpc) is 2.30. The average molecular weight is 237 g/mol. The summed E-state index contributed by atoms with van der Waals surface area (Å²) < 4.78 is 0. The number of carbonyl (C=O) groups is 1. The van der Waals surface area contributed by atoms with E-state index in [0.29, 0.717) is 30.1 Å². The van der Waals surface area contributed by atoms with Gasteiger partial charge in [0, 0.05) is 37.5 Å². The first kappa shape index (κ1) is 12.6. The van der Waals surface area contributed by atoms with Crippen molar-refractivity contribution in [1.82, 2.24) is 9.88 Å². The highest BCUT2D eigenvalue weighted by atomic mass is 32.1. The van der Waals surface area contributed by atoms with Crippen LogP contribution in [0.1, 0.15) is 23.7 Å².